The van der Waals surface area contributed by atoms with Gasteiger partial charge in [0.25, 0.3) is 11.8 Å². The van der Waals surface area contributed by atoms with Gasteiger partial charge in [-0.3, -0.25) is 9.59 Å². The van der Waals surface area contributed by atoms with Crippen LogP contribution in [-0.4, -0.2) is 58.2 Å². The molecule has 1 aliphatic heterocycles. The molecule has 196 valence electrons. The van der Waals surface area contributed by atoms with Gasteiger partial charge in [0.15, 0.2) is 5.75 Å². The topological polar surface area (TPSA) is 98.3 Å². The highest BCUT2D eigenvalue weighted by Gasteiger charge is 2.57. The van der Waals surface area contributed by atoms with Gasteiger partial charge in [0.1, 0.15) is 22.6 Å². The molecule has 8 rings (SSSR count). The molecule has 1 aromatic carbocycles. The first-order valence-electron chi connectivity index (χ1n) is 13.2. The molecule has 3 aliphatic carbocycles. The van der Waals surface area contributed by atoms with Crippen molar-refractivity contribution in [1.82, 2.24) is 19.8 Å². The highest BCUT2D eigenvalue weighted by Crippen LogP contribution is 2.57. The van der Waals surface area contributed by atoms with E-state index in [0.29, 0.717) is 40.6 Å². The van der Waals surface area contributed by atoms with Gasteiger partial charge in [0, 0.05) is 42.9 Å². The molecular formula is C29H30N4O5. The van der Waals surface area contributed by atoms with Crippen molar-refractivity contribution in [2.75, 3.05) is 20.3 Å². The van der Waals surface area contributed by atoms with Crippen LogP contribution in [0.1, 0.15) is 57.7 Å². The fourth-order valence-electron chi connectivity index (χ4n) is 6.36. The first-order chi connectivity index (χ1) is 18.4. The number of furan rings is 1. The lowest BCUT2D eigenvalue weighted by Crippen LogP contribution is -2.68. The zero-order valence-corrected chi connectivity index (χ0v) is 21.7. The molecule has 2 amide bonds. The summed E-state index contributed by atoms with van der Waals surface area (Å²) in [6.45, 7) is 4.99. The van der Waals surface area contributed by atoms with Crippen molar-refractivity contribution in [2.45, 2.75) is 51.1 Å². The number of ether oxygens (including phenoxy) is 2. The maximum Gasteiger partial charge on any atom is 0.256 e. The molecule has 4 fully saturated rings. The van der Waals surface area contributed by atoms with Crippen molar-refractivity contribution < 1.29 is 23.5 Å². The van der Waals surface area contributed by atoms with Gasteiger partial charge in [-0.05, 0) is 63.1 Å². The van der Waals surface area contributed by atoms with Crippen LogP contribution in [0.15, 0.2) is 41.1 Å². The number of aromatic nitrogens is 2. The number of aryl methyl sites for hydroxylation is 2. The van der Waals surface area contributed by atoms with Crippen molar-refractivity contribution in [1.29, 1.82) is 0 Å². The minimum absolute atomic E-state index is 0.00317. The molecule has 9 heteroatoms. The van der Waals surface area contributed by atoms with E-state index in [9.17, 15) is 9.59 Å². The van der Waals surface area contributed by atoms with E-state index in [1.54, 1.807) is 36.2 Å². The Morgan fingerprint density at radius 2 is 2.03 bits per heavy atom. The van der Waals surface area contributed by atoms with Gasteiger partial charge < -0.3 is 24.1 Å². The molecule has 3 aromatic heterocycles. The molecule has 0 unspecified atom stereocenters. The van der Waals surface area contributed by atoms with E-state index < -0.39 is 0 Å². The average molecular weight is 515 g/mol. The standard InChI is InChI=1S/C29H30N4O5/c1-16-22(28(35)32-9-7-19(32)15-36-3)14-33-26(16)23(6-8-30-33)38-20-4-5-21-24(10-20)37-17(2)25(21)27(34)31-29-11-18(12-29)13-29/h4-6,8,10,14,18-19H,7,9,11-13,15H2,1-3H3,(H,31,34)/t18?,19-,29?/m1/s1. The molecule has 4 aliphatic rings. The minimum Gasteiger partial charge on any atom is -0.460 e. The van der Waals surface area contributed by atoms with Crippen molar-refractivity contribution >= 4 is 28.3 Å². The maximum absolute atomic E-state index is 13.3. The van der Waals surface area contributed by atoms with Crippen LogP contribution in [0.25, 0.3) is 16.5 Å². The number of methoxy groups -OCH3 is 1. The largest absolute Gasteiger partial charge is 0.460 e. The summed E-state index contributed by atoms with van der Waals surface area (Å²) in [4.78, 5) is 28.2. The monoisotopic (exact) mass is 514 g/mol. The summed E-state index contributed by atoms with van der Waals surface area (Å²) in [7, 11) is 1.65. The predicted octanol–water partition coefficient (Wildman–Crippen LogP) is 4.63. The van der Waals surface area contributed by atoms with Crippen LogP contribution < -0.4 is 10.1 Å². The lowest BCUT2D eigenvalue weighted by molar-refractivity contribution is -0.0438. The van der Waals surface area contributed by atoms with Crippen molar-refractivity contribution in [2.24, 2.45) is 5.92 Å². The summed E-state index contributed by atoms with van der Waals surface area (Å²) in [5.41, 5.74) is 3.33. The smallest absolute Gasteiger partial charge is 0.256 e. The highest BCUT2D eigenvalue weighted by atomic mass is 16.5. The van der Waals surface area contributed by atoms with Gasteiger partial charge in [0.2, 0.25) is 0 Å². The number of carbonyl (C=O) groups is 2. The Bertz CT molecular complexity index is 1600. The van der Waals surface area contributed by atoms with Gasteiger partial charge in [-0.15, -0.1) is 0 Å². The zero-order chi connectivity index (χ0) is 26.2. The molecule has 38 heavy (non-hydrogen) atoms. The van der Waals surface area contributed by atoms with Gasteiger partial charge >= 0.3 is 0 Å². The summed E-state index contributed by atoms with van der Waals surface area (Å²) in [6.07, 6.45) is 7.62. The molecule has 2 bridgehead atoms. The van der Waals surface area contributed by atoms with Gasteiger partial charge in [-0.2, -0.15) is 5.10 Å². The lowest BCUT2D eigenvalue weighted by Gasteiger charge is -2.61. The number of likely N-dealkylation sites (tertiary alicyclic amines) is 1. The van der Waals surface area contributed by atoms with Gasteiger partial charge in [0.05, 0.1) is 30.0 Å². The average Bonchev–Trinajstić information content (AvgIpc) is 3.34. The Morgan fingerprint density at radius 1 is 1.21 bits per heavy atom. The normalized spacial score (nSPS) is 23.6. The zero-order valence-electron chi connectivity index (χ0n) is 21.7. The molecular weight excluding hydrogens is 484 g/mol. The second kappa shape index (κ2) is 8.33. The van der Waals surface area contributed by atoms with E-state index in [4.69, 9.17) is 13.9 Å². The summed E-state index contributed by atoms with van der Waals surface area (Å²) < 4.78 is 19.2. The number of carbonyl (C=O) groups excluding carboxylic acids is 2. The number of benzene rings is 1. The van der Waals surface area contributed by atoms with E-state index in [0.717, 1.165) is 54.6 Å². The number of hydrogen-bond acceptors (Lipinski definition) is 6. The Kier molecular flexibility index (Phi) is 5.10. The van der Waals surface area contributed by atoms with E-state index in [2.05, 4.69) is 10.4 Å². The number of nitrogens with one attached hydrogen (secondary N) is 1. The van der Waals surface area contributed by atoms with Crippen LogP contribution in [0.2, 0.25) is 0 Å². The molecule has 1 N–H and O–H groups in total. The van der Waals surface area contributed by atoms with Crippen molar-refractivity contribution in [3.05, 3.63) is 59.1 Å². The number of amides is 2. The van der Waals surface area contributed by atoms with Crippen molar-refractivity contribution in [3.8, 4) is 11.5 Å². The number of nitrogens with zero attached hydrogens (tertiary/aromatic N) is 3. The van der Waals surface area contributed by atoms with E-state index in [1.807, 2.05) is 30.9 Å². The van der Waals surface area contributed by atoms with Crippen LogP contribution in [0.3, 0.4) is 0 Å². The third-order valence-corrected chi connectivity index (χ3v) is 8.59. The Morgan fingerprint density at radius 3 is 2.71 bits per heavy atom. The molecule has 3 saturated carbocycles. The fraction of sp³-hybridized carbons (Fsp3) is 0.414. The Labute approximate surface area is 219 Å². The molecule has 0 radical (unpaired) electrons. The van der Waals surface area contributed by atoms with Crippen LogP contribution in [-0.2, 0) is 4.74 Å². The highest BCUT2D eigenvalue weighted by molar-refractivity contribution is 6.08. The summed E-state index contributed by atoms with van der Waals surface area (Å²) in [5.74, 6) is 2.44. The SMILES string of the molecule is COC[C@H]1CCN1C(=O)c1cn2nccc(Oc3ccc4c(C(=O)NC56CC(C5)C6)c(C)oc4c3)c2c1C. The maximum atomic E-state index is 13.3. The summed E-state index contributed by atoms with van der Waals surface area (Å²) in [6, 6.07) is 7.40. The van der Waals surface area contributed by atoms with Crippen LogP contribution in [0.4, 0.5) is 0 Å². The summed E-state index contributed by atoms with van der Waals surface area (Å²) in [5, 5.41) is 8.42. The third-order valence-electron chi connectivity index (χ3n) is 8.59. The quantitative estimate of drug-likeness (QED) is 0.386. The fourth-order valence-corrected chi connectivity index (χ4v) is 6.36. The first kappa shape index (κ1) is 23.3. The number of rotatable bonds is 7. The third kappa shape index (κ3) is 3.45. The van der Waals surface area contributed by atoms with Crippen LogP contribution in [0.5, 0.6) is 11.5 Å². The molecule has 4 aromatic rings. The lowest BCUT2D eigenvalue weighted by atomic mass is 9.50. The molecule has 9 nitrogen and oxygen atoms in total. The Hall–Kier alpha value is -3.85. The summed E-state index contributed by atoms with van der Waals surface area (Å²) >= 11 is 0. The predicted molar refractivity (Wildman–Crippen MR) is 140 cm³/mol. The van der Waals surface area contributed by atoms with E-state index in [-0.39, 0.29) is 23.4 Å². The van der Waals surface area contributed by atoms with E-state index in [1.165, 1.54) is 0 Å². The first-order valence-corrected chi connectivity index (χ1v) is 13.2. The second-order valence-corrected chi connectivity index (χ2v) is 11.1. The number of fused-ring (bicyclic) bond motifs is 2. The second-order valence-electron chi connectivity index (χ2n) is 11.1. The Balaban J connectivity index is 1.17. The van der Waals surface area contributed by atoms with E-state index >= 15 is 0 Å². The number of hydrogen-bond donors (Lipinski definition) is 1. The molecule has 4 heterocycles. The minimum atomic E-state index is -0.0696. The van der Waals surface area contributed by atoms with Crippen molar-refractivity contribution in [3.63, 3.8) is 0 Å². The van der Waals surface area contributed by atoms with Gasteiger partial charge in [-0.25, -0.2) is 4.52 Å². The van der Waals surface area contributed by atoms with Crippen LogP contribution >= 0.6 is 0 Å². The van der Waals surface area contributed by atoms with Gasteiger partial charge in [-0.1, -0.05) is 0 Å². The van der Waals surface area contributed by atoms with Crippen LogP contribution in [0, 0.1) is 19.8 Å². The molecule has 1 saturated heterocycles. The molecule has 0 spiro atoms. The molecule has 1 atom stereocenters.